The van der Waals surface area contributed by atoms with Crippen molar-refractivity contribution in [2.75, 3.05) is 13.2 Å². The van der Waals surface area contributed by atoms with Crippen LogP contribution in [0.3, 0.4) is 0 Å². The zero-order valence-corrected chi connectivity index (χ0v) is 11.1. The summed E-state index contributed by atoms with van der Waals surface area (Å²) in [4.78, 5) is 2.89. The van der Waals surface area contributed by atoms with E-state index < -0.39 is 0 Å². The molecule has 2 heterocycles. The lowest BCUT2D eigenvalue weighted by Gasteiger charge is -2.50. The zero-order valence-electron chi connectivity index (χ0n) is 11.1. The van der Waals surface area contributed by atoms with Gasteiger partial charge in [0, 0.05) is 18.1 Å². The second kappa shape index (κ2) is 5.71. The van der Waals surface area contributed by atoms with Crippen LogP contribution in [-0.4, -0.2) is 36.2 Å². The highest BCUT2D eigenvalue weighted by molar-refractivity contribution is 4.92. The van der Waals surface area contributed by atoms with Gasteiger partial charge in [-0.2, -0.15) is 0 Å². The molecule has 0 radical (unpaired) electrons. The third kappa shape index (κ3) is 2.68. The fraction of sp³-hybridized carbons (Fsp3) is 1.00. The predicted octanol–water partition coefficient (Wildman–Crippen LogP) is 3.35. The van der Waals surface area contributed by atoms with E-state index in [0.717, 1.165) is 31.3 Å². The standard InChI is InChI=1S/C15H27NO/c1-2-4-7-13(8-5-3-1)16-14-9-6-10-15(16)12-17-11-14/h13-15H,1-12H2/t14-,15+. The van der Waals surface area contributed by atoms with E-state index in [9.17, 15) is 0 Å². The number of piperidine rings is 1. The summed E-state index contributed by atoms with van der Waals surface area (Å²) in [5.41, 5.74) is 0. The number of ether oxygens (including phenoxy) is 1. The van der Waals surface area contributed by atoms with Gasteiger partial charge in [-0.15, -0.1) is 0 Å². The number of nitrogens with zero attached hydrogens (tertiary/aromatic N) is 1. The van der Waals surface area contributed by atoms with Crippen molar-refractivity contribution in [1.82, 2.24) is 4.90 Å². The Hall–Kier alpha value is -0.0800. The van der Waals surface area contributed by atoms with Crippen LogP contribution in [0, 0.1) is 0 Å². The Labute approximate surface area is 106 Å². The van der Waals surface area contributed by atoms with Crippen molar-refractivity contribution < 1.29 is 4.74 Å². The molecule has 2 bridgehead atoms. The Morgan fingerprint density at radius 3 is 1.76 bits per heavy atom. The molecule has 2 heteroatoms. The van der Waals surface area contributed by atoms with Gasteiger partial charge in [0.1, 0.15) is 0 Å². The second-order valence-electron chi connectivity index (χ2n) is 6.22. The van der Waals surface area contributed by atoms with E-state index in [2.05, 4.69) is 4.90 Å². The molecule has 0 amide bonds. The van der Waals surface area contributed by atoms with Crippen molar-refractivity contribution in [3.8, 4) is 0 Å². The molecule has 0 aromatic carbocycles. The van der Waals surface area contributed by atoms with E-state index in [1.54, 1.807) is 0 Å². The molecule has 0 spiro atoms. The molecule has 1 saturated carbocycles. The van der Waals surface area contributed by atoms with Gasteiger partial charge < -0.3 is 4.74 Å². The first kappa shape index (κ1) is 12.0. The maximum absolute atomic E-state index is 5.77. The van der Waals surface area contributed by atoms with Crippen LogP contribution in [0.1, 0.15) is 64.2 Å². The topological polar surface area (TPSA) is 12.5 Å². The summed E-state index contributed by atoms with van der Waals surface area (Å²) in [6.45, 7) is 2.01. The minimum atomic E-state index is 0.756. The minimum absolute atomic E-state index is 0.756. The average molecular weight is 237 g/mol. The van der Waals surface area contributed by atoms with Crippen LogP contribution in [0.4, 0.5) is 0 Å². The van der Waals surface area contributed by atoms with Crippen molar-refractivity contribution in [3.63, 3.8) is 0 Å². The Morgan fingerprint density at radius 2 is 1.12 bits per heavy atom. The fourth-order valence-corrected chi connectivity index (χ4v) is 4.19. The first-order chi connectivity index (χ1) is 8.45. The molecule has 0 N–H and O–H groups in total. The summed E-state index contributed by atoms with van der Waals surface area (Å²) >= 11 is 0. The molecule has 2 aliphatic heterocycles. The van der Waals surface area contributed by atoms with Gasteiger partial charge in [0.2, 0.25) is 0 Å². The van der Waals surface area contributed by atoms with E-state index in [0.29, 0.717) is 0 Å². The van der Waals surface area contributed by atoms with Crippen molar-refractivity contribution in [3.05, 3.63) is 0 Å². The summed E-state index contributed by atoms with van der Waals surface area (Å²) in [6, 6.07) is 2.40. The van der Waals surface area contributed by atoms with Gasteiger partial charge in [-0.05, 0) is 25.7 Å². The van der Waals surface area contributed by atoms with Gasteiger partial charge in [-0.25, -0.2) is 0 Å². The number of hydrogen-bond donors (Lipinski definition) is 0. The number of rotatable bonds is 1. The smallest absolute Gasteiger partial charge is 0.0622 e. The number of hydrogen-bond acceptors (Lipinski definition) is 2. The monoisotopic (exact) mass is 237 g/mol. The van der Waals surface area contributed by atoms with Gasteiger partial charge >= 0.3 is 0 Å². The summed E-state index contributed by atoms with van der Waals surface area (Å²) < 4.78 is 5.77. The third-order valence-corrected chi connectivity index (χ3v) is 5.03. The van der Waals surface area contributed by atoms with Crippen molar-refractivity contribution in [2.24, 2.45) is 0 Å². The van der Waals surface area contributed by atoms with E-state index in [-0.39, 0.29) is 0 Å². The Kier molecular flexibility index (Phi) is 4.02. The predicted molar refractivity (Wildman–Crippen MR) is 70.2 cm³/mol. The molecule has 0 aromatic rings. The summed E-state index contributed by atoms with van der Waals surface area (Å²) in [5.74, 6) is 0. The normalized spacial score (nSPS) is 37.4. The lowest BCUT2D eigenvalue weighted by molar-refractivity contribution is -0.0970. The average Bonchev–Trinajstić information content (AvgIpc) is 2.27. The van der Waals surface area contributed by atoms with Gasteiger partial charge in [0.05, 0.1) is 13.2 Å². The number of morpholine rings is 1. The quantitative estimate of drug-likeness (QED) is 0.693. The molecular formula is C15H27NO. The van der Waals surface area contributed by atoms with Gasteiger partial charge in [-0.3, -0.25) is 4.90 Å². The third-order valence-electron chi connectivity index (χ3n) is 5.03. The van der Waals surface area contributed by atoms with Gasteiger partial charge in [0.15, 0.2) is 0 Å². The maximum atomic E-state index is 5.77. The molecule has 17 heavy (non-hydrogen) atoms. The highest BCUT2D eigenvalue weighted by Crippen LogP contribution is 2.33. The van der Waals surface area contributed by atoms with E-state index in [4.69, 9.17) is 4.74 Å². The molecule has 2 nitrogen and oxygen atoms in total. The fourth-order valence-electron chi connectivity index (χ4n) is 4.19. The molecular weight excluding hydrogens is 210 g/mol. The maximum Gasteiger partial charge on any atom is 0.0622 e. The Morgan fingerprint density at radius 1 is 0.588 bits per heavy atom. The minimum Gasteiger partial charge on any atom is -0.378 e. The van der Waals surface area contributed by atoms with Crippen LogP contribution < -0.4 is 0 Å². The molecule has 1 aliphatic carbocycles. The highest BCUT2D eigenvalue weighted by Gasteiger charge is 2.38. The van der Waals surface area contributed by atoms with Crippen LogP contribution in [0.15, 0.2) is 0 Å². The summed E-state index contributed by atoms with van der Waals surface area (Å²) in [5, 5.41) is 0. The Balaban J connectivity index is 1.67. The Bertz CT molecular complexity index is 213. The molecule has 3 fully saturated rings. The molecule has 3 aliphatic rings. The highest BCUT2D eigenvalue weighted by atomic mass is 16.5. The van der Waals surface area contributed by atoms with Crippen LogP contribution in [0.5, 0.6) is 0 Å². The molecule has 0 aromatic heterocycles. The number of fused-ring (bicyclic) bond motifs is 2. The van der Waals surface area contributed by atoms with E-state index in [1.165, 1.54) is 64.2 Å². The van der Waals surface area contributed by atoms with Crippen molar-refractivity contribution in [2.45, 2.75) is 82.3 Å². The molecule has 3 rings (SSSR count). The van der Waals surface area contributed by atoms with Crippen molar-refractivity contribution in [1.29, 1.82) is 0 Å². The zero-order chi connectivity index (χ0) is 11.5. The summed E-state index contributed by atoms with van der Waals surface area (Å²) in [6.07, 6.45) is 14.4. The van der Waals surface area contributed by atoms with Crippen molar-refractivity contribution >= 4 is 0 Å². The van der Waals surface area contributed by atoms with Gasteiger partial charge in [0.25, 0.3) is 0 Å². The largest absolute Gasteiger partial charge is 0.378 e. The lowest BCUT2D eigenvalue weighted by Crippen LogP contribution is -2.58. The molecule has 2 atom stereocenters. The van der Waals surface area contributed by atoms with Crippen LogP contribution in [-0.2, 0) is 4.74 Å². The van der Waals surface area contributed by atoms with Crippen LogP contribution >= 0.6 is 0 Å². The first-order valence-corrected chi connectivity index (χ1v) is 7.80. The lowest BCUT2D eigenvalue weighted by atomic mass is 9.88. The van der Waals surface area contributed by atoms with Crippen LogP contribution in [0.2, 0.25) is 0 Å². The van der Waals surface area contributed by atoms with Crippen LogP contribution in [0.25, 0.3) is 0 Å². The first-order valence-electron chi connectivity index (χ1n) is 7.80. The molecule has 0 unspecified atom stereocenters. The van der Waals surface area contributed by atoms with E-state index in [1.807, 2.05) is 0 Å². The second-order valence-corrected chi connectivity index (χ2v) is 6.22. The van der Waals surface area contributed by atoms with E-state index >= 15 is 0 Å². The summed E-state index contributed by atoms with van der Waals surface area (Å²) in [7, 11) is 0. The SMILES string of the molecule is C1CCCC(N2[C@@H]3CCC[C@H]2COC3)CCC1. The molecule has 98 valence electrons. The molecule has 2 saturated heterocycles. The van der Waals surface area contributed by atoms with Gasteiger partial charge in [-0.1, -0.05) is 38.5 Å².